The quantitative estimate of drug-likeness (QED) is 0.332. The van der Waals surface area contributed by atoms with E-state index in [1.165, 1.54) is 19.3 Å². The fourth-order valence-electron chi connectivity index (χ4n) is 4.20. The zero-order chi connectivity index (χ0) is 22.8. The molecule has 0 radical (unpaired) electrons. The molecule has 1 fully saturated rings. The normalized spacial score (nSPS) is 20.5. The number of hydrogen-bond acceptors (Lipinski definition) is 5. The highest BCUT2D eigenvalue weighted by Crippen LogP contribution is 2.38. The van der Waals surface area contributed by atoms with Crippen molar-refractivity contribution < 1.29 is 24.1 Å². The van der Waals surface area contributed by atoms with Crippen molar-refractivity contribution in [1.29, 1.82) is 0 Å². The first kappa shape index (κ1) is 24.1. The number of hydrogen-bond donors (Lipinski definition) is 1. The largest absolute Gasteiger partial charge is 0.508 e. The minimum Gasteiger partial charge on any atom is -0.494 e. The van der Waals surface area contributed by atoms with E-state index in [1.807, 2.05) is 24.3 Å². The van der Waals surface area contributed by atoms with Gasteiger partial charge in [0.1, 0.15) is 11.9 Å². The second-order valence-corrected chi connectivity index (χ2v) is 8.54. The molecule has 1 aliphatic carbocycles. The monoisotopic (exact) mass is 440 g/mol. The first-order valence-corrected chi connectivity index (χ1v) is 11.9. The highest BCUT2D eigenvalue weighted by atomic mass is 16.7. The van der Waals surface area contributed by atoms with Gasteiger partial charge in [0, 0.05) is 0 Å². The molecular formula is C27H36O5. The molecule has 3 rings (SSSR count). The van der Waals surface area contributed by atoms with Gasteiger partial charge in [0.2, 0.25) is 0 Å². The molecule has 1 aliphatic rings. The molecule has 2 aromatic carbocycles. The maximum atomic E-state index is 11.5. The Balaban J connectivity index is 1.53. The van der Waals surface area contributed by atoms with Gasteiger partial charge in [-0.3, -0.25) is 0 Å². The van der Waals surface area contributed by atoms with Gasteiger partial charge in [-0.05, 0) is 67.9 Å². The highest BCUT2D eigenvalue weighted by molar-refractivity contribution is 5.64. The third-order valence-corrected chi connectivity index (χ3v) is 6.16. The molecule has 0 unspecified atom stereocenters. The molecular weight excluding hydrogens is 404 g/mol. The fraction of sp³-hybridized carbons (Fsp3) is 0.519. The van der Waals surface area contributed by atoms with Gasteiger partial charge >= 0.3 is 6.16 Å². The number of ether oxygens (including phenoxy) is 3. The van der Waals surface area contributed by atoms with Crippen molar-refractivity contribution in [1.82, 2.24) is 0 Å². The molecule has 0 amide bonds. The van der Waals surface area contributed by atoms with Crippen LogP contribution in [0.25, 0.3) is 11.1 Å². The van der Waals surface area contributed by atoms with E-state index in [1.54, 1.807) is 6.92 Å². The fourth-order valence-corrected chi connectivity index (χ4v) is 4.20. The number of benzene rings is 2. The Kier molecular flexibility index (Phi) is 8.98. The van der Waals surface area contributed by atoms with Crippen LogP contribution < -0.4 is 4.74 Å². The zero-order valence-corrected chi connectivity index (χ0v) is 19.3. The summed E-state index contributed by atoms with van der Waals surface area (Å²) in [6.07, 6.45) is 6.34. The van der Waals surface area contributed by atoms with Crippen molar-refractivity contribution in [3.63, 3.8) is 0 Å². The van der Waals surface area contributed by atoms with Gasteiger partial charge in [0.25, 0.3) is 0 Å². The average molecular weight is 441 g/mol. The number of aliphatic hydroxyl groups is 1. The molecule has 5 heteroatoms. The summed E-state index contributed by atoms with van der Waals surface area (Å²) in [6.45, 7) is 5.03. The Morgan fingerprint density at radius 1 is 0.938 bits per heavy atom. The molecule has 0 heterocycles. The minimum atomic E-state index is -0.886. The lowest BCUT2D eigenvalue weighted by Gasteiger charge is -2.36. The van der Waals surface area contributed by atoms with Crippen LogP contribution in [0.1, 0.15) is 70.8 Å². The SMILES string of the molecule is CCCCCCOc1ccc(-c2ccc(C3(O)CCC(OC(=O)OCC)CC3)cc2)cc1. The highest BCUT2D eigenvalue weighted by Gasteiger charge is 2.36. The lowest BCUT2D eigenvalue weighted by molar-refractivity contribution is -0.0530. The van der Waals surface area contributed by atoms with Crippen molar-refractivity contribution in [2.45, 2.75) is 76.9 Å². The van der Waals surface area contributed by atoms with Crippen LogP contribution in [0.5, 0.6) is 5.75 Å². The number of unbranched alkanes of at least 4 members (excludes halogenated alkanes) is 3. The van der Waals surface area contributed by atoms with E-state index in [9.17, 15) is 9.90 Å². The Morgan fingerprint density at radius 3 is 2.16 bits per heavy atom. The lowest BCUT2D eigenvalue weighted by atomic mass is 9.78. The zero-order valence-electron chi connectivity index (χ0n) is 19.3. The van der Waals surface area contributed by atoms with Gasteiger partial charge in [-0.1, -0.05) is 62.6 Å². The summed E-state index contributed by atoms with van der Waals surface area (Å²) in [4.78, 5) is 11.5. The summed E-state index contributed by atoms with van der Waals surface area (Å²) in [7, 11) is 0. The lowest BCUT2D eigenvalue weighted by Crippen LogP contribution is -2.35. The summed E-state index contributed by atoms with van der Waals surface area (Å²) in [5.41, 5.74) is 2.24. The molecule has 0 aromatic heterocycles. The standard InChI is InChI=1S/C27H36O5/c1-3-5-6-7-20-31-24-14-10-22(11-15-24)21-8-12-23(13-9-21)27(29)18-16-25(17-19-27)32-26(28)30-4-2/h8-15,25,29H,3-7,16-20H2,1-2H3. The van der Waals surface area contributed by atoms with Crippen LogP contribution in [0.15, 0.2) is 48.5 Å². The van der Waals surface area contributed by atoms with Crippen molar-refractivity contribution in [3.8, 4) is 16.9 Å². The van der Waals surface area contributed by atoms with Crippen LogP contribution in [-0.2, 0) is 15.1 Å². The second kappa shape index (κ2) is 11.9. The van der Waals surface area contributed by atoms with Crippen molar-refractivity contribution in [2.75, 3.05) is 13.2 Å². The summed E-state index contributed by atoms with van der Waals surface area (Å²) in [5, 5.41) is 11.1. The smallest absolute Gasteiger partial charge is 0.494 e. The second-order valence-electron chi connectivity index (χ2n) is 8.54. The van der Waals surface area contributed by atoms with Crippen LogP contribution in [0.2, 0.25) is 0 Å². The van der Waals surface area contributed by atoms with E-state index in [-0.39, 0.29) is 6.10 Å². The van der Waals surface area contributed by atoms with E-state index in [2.05, 4.69) is 31.2 Å². The van der Waals surface area contributed by atoms with Crippen LogP contribution in [0.3, 0.4) is 0 Å². The molecule has 0 atom stereocenters. The predicted molar refractivity (Wildman–Crippen MR) is 126 cm³/mol. The molecule has 2 aromatic rings. The van der Waals surface area contributed by atoms with E-state index >= 15 is 0 Å². The van der Waals surface area contributed by atoms with Gasteiger partial charge in [-0.25, -0.2) is 4.79 Å². The minimum absolute atomic E-state index is 0.194. The van der Waals surface area contributed by atoms with Gasteiger partial charge in [-0.2, -0.15) is 0 Å². The third kappa shape index (κ3) is 6.73. The maximum Gasteiger partial charge on any atom is 0.508 e. The van der Waals surface area contributed by atoms with Crippen LogP contribution in [0.4, 0.5) is 4.79 Å². The Morgan fingerprint density at radius 2 is 1.56 bits per heavy atom. The average Bonchev–Trinajstić information content (AvgIpc) is 2.81. The maximum absolute atomic E-state index is 11.5. The van der Waals surface area contributed by atoms with Crippen LogP contribution >= 0.6 is 0 Å². The molecule has 0 bridgehead atoms. The molecule has 1 saturated carbocycles. The Labute approximate surface area is 191 Å². The van der Waals surface area contributed by atoms with Gasteiger partial charge in [0.05, 0.1) is 18.8 Å². The van der Waals surface area contributed by atoms with Gasteiger partial charge in [0.15, 0.2) is 0 Å². The first-order valence-electron chi connectivity index (χ1n) is 11.9. The van der Waals surface area contributed by atoms with Gasteiger partial charge in [-0.15, -0.1) is 0 Å². The van der Waals surface area contributed by atoms with E-state index in [4.69, 9.17) is 14.2 Å². The number of rotatable bonds is 10. The molecule has 32 heavy (non-hydrogen) atoms. The van der Waals surface area contributed by atoms with E-state index in [0.29, 0.717) is 32.3 Å². The number of carbonyl (C=O) groups is 1. The molecule has 0 saturated heterocycles. The summed E-state index contributed by atoms with van der Waals surface area (Å²) < 4.78 is 16.0. The van der Waals surface area contributed by atoms with Gasteiger partial charge < -0.3 is 19.3 Å². The molecule has 0 aliphatic heterocycles. The Hall–Kier alpha value is -2.53. The van der Waals surface area contributed by atoms with Crippen LogP contribution in [0, 0.1) is 0 Å². The van der Waals surface area contributed by atoms with Crippen LogP contribution in [-0.4, -0.2) is 30.6 Å². The van der Waals surface area contributed by atoms with Crippen molar-refractivity contribution >= 4 is 6.16 Å². The van der Waals surface area contributed by atoms with Crippen molar-refractivity contribution in [2.24, 2.45) is 0 Å². The summed E-state index contributed by atoms with van der Waals surface area (Å²) in [6, 6.07) is 16.3. The number of carbonyl (C=O) groups excluding carboxylic acids is 1. The molecule has 5 nitrogen and oxygen atoms in total. The van der Waals surface area contributed by atoms with Crippen molar-refractivity contribution in [3.05, 3.63) is 54.1 Å². The predicted octanol–water partition coefficient (Wildman–Crippen LogP) is 6.62. The van der Waals surface area contributed by atoms with E-state index < -0.39 is 11.8 Å². The first-order chi connectivity index (χ1) is 15.5. The third-order valence-electron chi connectivity index (χ3n) is 6.16. The molecule has 1 N–H and O–H groups in total. The summed E-state index contributed by atoms with van der Waals surface area (Å²) >= 11 is 0. The Bertz CT molecular complexity index is 820. The van der Waals surface area contributed by atoms with E-state index in [0.717, 1.165) is 35.5 Å². The molecule has 0 spiro atoms. The topological polar surface area (TPSA) is 65.0 Å². The molecule has 174 valence electrons. The summed E-state index contributed by atoms with van der Waals surface area (Å²) in [5.74, 6) is 0.901.